The van der Waals surface area contributed by atoms with E-state index in [0.717, 1.165) is 24.7 Å². The predicted octanol–water partition coefficient (Wildman–Crippen LogP) is 7.54. The van der Waals surface area contributed by atoms with Gasteiger partial charge < -0.3 is 14.9 Å². The highest BCUT2D eigenvalue weighted by molar-refractivity contribution is 5.24. The van der Waals surface area contributed by atoms with Crippen LogP contribution in [0.5, 0.6) is 0 Å². The number of hydrogen-bond donors (Lipinski definition) is 2. The van der Waals surface area contributed by atoms with Gasteiger partial charge in [-0.2, -0.15) is 0 Å². The lowest BCUT2D eigenvalue weighted by atomic mass is 9.31. The highest BCUT2D eigenvalue weighted by atomic mass is 16.5. The lowest BCUT2D eigenvalue weighted by Crippen LogP contribution is -2.67. The van der Waals surface area contributed by atoms with Gasteiger partial charge in [-0.05, 0) is 115 Å². The zero-order chi connectivity index (χ0) is 24.9. The smallest absolute Gasteiger partial charge is 0.0967 e. The molecule has 2 N–H and O–H groups in total. The largest absolute Gasteiger partial charge is 0.512 e. The van der Waals surface area contributed by atoms with E-state index in [1.54, 1.807) is 0 Å². The van der Waals surface area contributed by atoms with Crippen LogP contribution < -0.4 is 0 Å². The number of fused-ring (bicyclic) bond motifs is 7. The molecule has 0 amide bonds. The summed E-state index contributed by atoms with van der Waals surface area (Å²) in [6, 6.07) is 0. The Morgan fingerprint density at radius 3 is 2.18 bits per heavy atom. The van der Waals surface area contributed by atoms with Crippen LogP contribution in [0.1, 0.15) is 106 Å². The summed E-state index contributed by atoms with van der Waals surface area (Å²) in [5, 5.41) is 21.2. The minimum atomic E-state index is -0.490. The number of aliphatic hydroxyl groups is 2. The van der Waals surface area contributed by atoms with Crippen molar-refractivity contribution in [2.45, 2.75) is 112 Å². The van der Waals surface area contributed by atoms with E-state index in [1.807, 2.05) is 7.11 Å². The van der Waals surface area contributed by atoms with Crippen molar-refractivity contribution in [2.24, 2.45) is 56.2 Å². The second-order valence-electron chi connectivity index (χ2n) is 15.4. The third kappa shape index (κ3) is 2.95. The minimum Gasteiger partial charge on any atom is -0.512 e. The van der Waals surface area contributed by atoms with Crippen LogP contribution in [0.3, 0.4) is 0 Å². The van der Waals surface area contributed by atoms with E-state index < -0.39 is 5.41 Å². The summed E-state index contributed by atoms with van der Waals surface area (Å²) in [5.41, 5.74) is 0.956. The van der Waals surface area contributed by atoms with Crippen LogP contribution in [0.4, 0.5) is 0 Å². The molecule has 34 heavy (non-hydrogen) atoms. The molecular formula is C31H52O3. The Kier molecular flexibility index (Phi) is 5.54. The first-order valence-corrected chi connectivity index (χ1v) is 14.3. The van der Waals surface area contributed by atoms with Crippen molar-refractivity contribution in [1.29, 1.82) is 0 Å². The van der Waals surface area contributed by atoms with Crippen molar-refractivity contribution in [2.75, 3.05) is 13.7 Å². The summed E-state index contributed by atoms with van der Waals surface area (Å²) in [6.45, 7) is 17.5. The van der Waals surface area contributed by atoms with E-state index in [1.165, 1.54) is 44.9 Å². The first-order chi connectivity index (χ1) is 15.7. The fourth-order valence-corrected chi connectivity index (χ4v) is 11.4. The summed E-state index contributed by atoms with van der Waals surface area (Å²) in [6.07, 6.45) is 13.5. The molecule has 0 heterocycles. The van der Waals surface area contributed by atoms with E-state index in [2.05, 4.69) is 54.5 Å². The van der Waals surface area contributed by atoms with Crippen LogP contribution in [0.25, 0.3) is 0 Å². The number of allylic oxidation sites excluding steroid dienone is 1. The minimum absolute atomic E-state index is 0.0484. The van der Waals surface area contributed by atoms with Gasteiger partial charge in [0.2, 0.25) is 0 Å². The number of aliphatic hydroxyl groups excluding tert-OH is 2. The van der Waals surface area contributed by atoms with Gasteiger partial charge in [-0.25, -0.2) is 0 Å². The average molecular weight is 473 g/mol. The zero-order valence-corrected chi connectivity index (χ0v) is 23.3. The van der Waals surface area contributed by atoms with Crippen LogP contribution in [-0.4, -0.2) is 30.0 Å². The maximum Gasteiger partial charge on any atom is 0.0967 e. The maximum absolute atomic E-state index is 10.8. The van der Waals surface area contributed by atoms with Crippen molar-refractivity contribution >= 4 is 0 Å². The standard InChI is InChI=1S/C31H52O3/c1-26(2)17-21-20-9-10-23-28(4)13-12-24(33)29(5,19-32)22(28)11-14-31(23,7)30(20,6)16-15-27(21,3)25(18-26)34-8/h12,20-23,25,32-33H,9-11,13-19H2,1-8H3/t20-,21+,22-,23-,25-,27-,28+,29-,30-,31-/m1/s1. The van der Waals surface area contributed by atoms with Gasteiger partial charge in [0.25, 0.3) is 0 Å². The van der Waals surface area contributed by atoms with E-state index in [0.29, 0.717) is 45.4 Å². The first kappa shape index (κ1) is 25.1. The average Bonchev–Trinajstić information content (AvgIpc) is 2.77. The van der Waals surface area contributed by atoms with E-state index >= 15 is 0 Å². The topological polar surface area (TPSA) is 49.7 Å². The molecule has 0 aromatic carbocycles. The third-order valence-corrected chi connectivity index (χ3v) is 13.7. The molecule has 5 aliphatic rings. The van der Waals surface area contributed by atoms with Gasteiger partial charge in [0.15, 0.2) is 0 Å². The summed E-state index contributed by atoms with van der Waals surface area (Å²) < 4.78 is 6.22. The molecule has 5 rings (SSSR count). The lowest BCUT2D eigenvalue weighted by Gasteiger charge is -2.73. The van der Waals surface area contributed by atoms with Crippen LogP contribution in [-0.2, 0) is 4.74 Å². The summed E-state index contributed by atoms with van der Waals surface area (Å²) in [4.78, 5) is 0. The lowest BCUT2D eigenvalue weighted by molar-refractivity contribution is -0.254. The molecule has 4 fully saturated rings. The molecule has 194 valence electrons. The highest BCUT2D eigenvalue weighted by Crippen LogP contribution is 2.76. The molecule has 0 aliphatic heterocycles. The van der Waals surface area contributed by atoms with Gasteiger partial charge in [-0.15, -0.1) is 0 Å². The molecule has 10 atom stereocenters. The van der Waals surface area contributed by atoms with Crippen LogP contribution in [0.2, 0.25) is 0 Å². The molecule has 0 aromatic heterocycles. The monoisotopic (exact) mass is 472 g/mol. The Balaban J connectivity index is 1.54. The molecule has 0 unspecified atom stereocenters. The van der Waals surface area contributed by atoms with Gasteiger partial charge in [0, 0.05) is 7.11 Å². The number of methoxy groups -OCH3 is 1. The van der Waals surface area contributed by atoms with E-state index in [-0.39, 0.29) is 12.0 Å². The molecule has 0 spiro atoms. The Morgan fingerprint density at radius 2 is 1.53 bits per heavy atom. The molecule has 4 saturated carbocycles. The number of rotatable bonds is 2. The molecular weight excluding hydrogens is 420 g/mol. The SMILES string of the molecule is CO[C@@H]1CC(C)(C)C[C@H]2[C@H]3CC[C@@H]4[C@@]5(C)CC=C(O)[C@](C)(CO)[C@@H]5CC[C@@]4(C)[C@]3(C)CC[C@@]12C. The van der Waals surface area contributed by atoms with Crippen LogP contribution in [0.15, 0.2) is 11.8 Å². The summed E-state index contributed by atoms with van der Waals surface area (Å²) in [7, 11) is 1.95. The Labute approximate surface area is 209 Å². The Hall–Kier alpha value is -0.540. The molecule has 0 aromatic rings. The maximum atomic E-state index is 10.8. The van der Waals surface area contributed by atoms with Crippen LogP contribution >= 0.6 is 0 Å². The quantitative estimate of drug-likeness (QED) is 0.436. The van der Waals surface area contributed by atoms with Crippen molar-refractivity contribution in [3.63, 3.8) is 0 Å². The molecule has 5 aliphatic carbocycles. The second kappa shape index (κ2) is 7.50. The van der Waals surface area contributed by atoms with E-state index in [9.17, 15) is 10.2 Å². The van der Waals surface area contributed by atoms with E-state index in [4.69, 9.17) is 4.74 Å². The van der Waals surface area contributed by atoms with Crippen molar-refractivity contribution < 1.29 is 14.9 Å². The number of ether oxygens (including phenoxy) is 1. The zero-order valence-electron chi connectivity index (χ0n) is 23.3. The molecule has 0 saturated heterocycles. The predicted molar refractivity (Wildman–Crippen MR) is 138 cm³/mol. The van der Waals surface area contributed by atoms with Gasteiger partial charge in [-0.3, -0.25) is 0 Å². The first-order valence-electron chi connectivity index (χ1n) is 14.3. The fraction of sp³-hybridized carbons (Fsp3) is 0.935. The summed E-state index contributed by atoms with van der Waals surface area (Å²) >= 11 is 0. The third-order valence-electron chi connectivity index (χ3n) is 13.7. The molecule has 0 bridgehead atoms. The Bertz CT molecular complexity index is 863. The fourth-order valence-electron chi connectivity index (χ4n) is 11.4. The Morgan fingerprint density at radius 1 is 0.824 bits per heavy atom. The second-order valence-corrected chi connectivity index (χ2v) is 15.4. The normalized spacial score (nSPS) is 56.4. The van der Waals surface area contributed by atoms with Gasteiger partial charge >= 0.3 is 0 Å². The van der Waals surface area contributed by atoms with Gasteiger partial charge in [-0.1, -0.05) is 48.5 Å². The van der Waals surface area contributed by atoms with Crippen molar-refractivity contribution in [3.05, 3.63) is 11.8 Å². The molecule has 3 nitrogen and oxygen atoms in total. The van der Waals surface area contributed by atoms with Crippen molar-refractivity contribution in [1.82, 2.24) is 0 Å². The molecule has 0 radical (unpaired) electrons. The van der Waals surface area contributed by atoms with Crippen LogP contribution in [0, 0.1) is 56.2 Å². The summed E-state index contributed by atoms with van der Waals surface area (Å²) in [5.74, 6) is 2.94. The molecule has 3 heteroatoms. The van der Waals surface area contributed by atoms with Crippen molar-refractivity contribution in [3.8, 4) is 0 Å². The van der Waals surface area contributed by atoms with Gasteiger partial charge in [0.1, 0.15) is 0 Å². The van der Waals surface area contributed by atoms with Gasteiger partial charge in [0.05, 0.1) is 23.9 Å². The number of hydrogen-bond acceptors (Lipinski definition) is 3. The highest BCUT2D eigenvalue weighted by Gasteiger charge is 2.70.